The number of amides is 1. The lowest BCUT2D eigenvalue weighted by Crippen LogP contribution is -2.45. The smallest absolute Gasteiger partial charge is 0.236 e. The number of halogens is 1. The Morgan fingerprint density at radius 3 is 2.14 bits per heavy atom. The molecular weight excluding hydrogens is 242 g/mol. The van der Waals surface area contributed by atoms with Crippen molar-refractivity contribution >= 4 is 21.8 Å². The number of hydrogen-bond acceptors (Lipinski definition) is 1. The molecule has 0 spiro atoms. The molecule has 1 amide bonds. The molecule has 2 atom stereocenters. The summed E-state index contributed by atoms with van der Waals surface area (Å²) in [7, 11) is 1.88. The van der Waals surface area contributed by atoms with Crippen molar-refractivity contribution in [2.75, 3.05) is 7.05 Å². The summed E-state index contributed by atoms with van der Waals surface area (Å²) in [6.45, 7) is 10.5. The standard InChI is InChI=1S/C11H22BrNO/c1-7-9(12)10(14)13(6)8(2)11(3,4)5/h8-9H,7H2,1-6H3. The number of carbonyl (C=O) groups excluding carboxylic acids is 1. The molecule has 2 nitrogen and oxygen atoms in total. The third-order valence-corrected chi connectivity index (χ3v) is 3.85. The highest BCUT2D eigenvalue weighted by atomic mass is 79.9. The predicted molar refractivity (Wildman–Crippen MR) is 64.7 cm³/mol. The van der Waals surface area contributed by atoms with Gasteiger partial charge < -0.3 is 4.90 Å². The van der Waals surface area contributed by atoms with Crippen molar-refractivity contribution in [2.45, 2.75) is 51.9 Å². The van der Waals surface area contributed by atoms with Crippen molar-refractivity contribution < 1.29 is 4.79 Å². The monoisotopic (exact) mass is 263 g/mol. The third-order valence-electron chi connectivity index (χ3n) is 2.81. The minimum Gasteiger partial charge on any atom is -0.342 e. The molecule has 3 heteroatoms. The first kappa shape index (κ1) is 13.9. The Labute approximate surface area is 96.2 Å². The van der Waals surface area contributed by atoms with Crippen molar-refractivity contribution in [3.05, 3.63) is 0 Å². The van der Waals surface area contributed by atoms with Gasteiger partial charge in [0.2, 0.25) is 5.91 Å². The molecule has 0 aliphatic heterocycles. The second kappa shape index (κ2) is 5.15. The molecule has 0 saturated carbocycles. The predicted octanol–water partition coefficient (Wildman–Crippen LogP) is 3.05. The second-order valence-electron chi connectivity index (χ2n) is 4.87. The molecule has 0 rings (SSSR count). The second-order valence-corrected chi connectivity index (χ2v) is 5.97. The van der Waals surface area contributed by atoms with E-state index in [9.17, 15) is 4.79 Å². The number of nitrogens with zero attached hydrogens (tertiary/aromatic N) is 1. The first-order chi connectivity index (χ1) is 6.21. The molecule has 14 heavy (non-hydrogen) atoms. The molecule has 0 fully saturated rings. The molecule has 0 aromatic carbocycles. The first-order valence-electron chi connectivity index (χ1n) is 5.12. The lowest BCUT2D eigenvalue weighted by Gasteiger charge is -2.36. The van der Waals surface area contributed by atoms with E-state index in [1.807, 2.05) is 18.9 Å². The van der Waals surface area contributed by atoms with Crippen LogP contribution in [0.25, 0.3) is 0 Å². The zero-order valence-electron chi connectivity index (χ0n) is 10.1. The largest absolute Gasteiger partial charge is 0.342 e. The van der Waals surface area contributed by atoms with Crippen LogP contribution < -0.4 is 0 Å². The van der Waals surface area contributed by atoms with Crippen molar-refractivity contribution in [3.63, 3.8) is 0 Å². The maximum atomic E-state index is 11.8. The average molecular weight is 264 g/mol. The molecule has 0 aliphatic rings. The maximum Gasteiger partial charge on any atom is 0.236 e. The SMILES string of the molecule is CCC(Br)C(=O)N(C)C(C)C(C)(C)C. The summed E-state index contributed by atoms with van der Waals surface area (Å²) in [5.74, 6) is 0.176. The summed E-state index contributed by atoms with van der Waals surface area (Å²) in [4.78, 5) is 13.6. The Balaban J connectivity index is 4.47. The minimum atomic E-state index is -0.0442. The van der Waals surface area contributed by atoms with Gasteiger partial charge in [-0.25, -0.2) is 0 Å². The summed E-state index contributed by atoms with van der Waals surface area (Å²) in [6, 6.07) is 0.251. The van der Waals surface area contributed by atoms with Gasteiger partial charge in [0.1, 0.15) is 0 Å². The van der Waals surface area contributed by atoms with Crippen LogP contribution in [0.2, 0.25) is 0 Å². The summed E-state index contributed by atoms with van der Waals surface area (Å²) in [6.07, 6.45) is 0.833. The average Bonchev–Trinajstić information content (AvgIpc) is 2.11. The van der Waals surface area contributed by atoms with E-state index in [4.69, 9.17) is 0 Å². The van der Waals surface area contributed by atoms with E-state index >= 15 is 0 Å². The fraction of sp³-hybridized carbons (Fsp3) is 0.909. The number of hydrogen-bond donors (Lipinski definition) is 0. The van der Waals surface area contributed by atoms with E-state index < -0.39 is 0 Å². The Morgan fingerprint density at radius 1 is 1.43 bits per heavy atom. The number of rotatable bonds is 3. The fourth-order valence-corrected chi connectivity index (χ4v) is 1.49. The summed E-state index contributed by atoms with van der Waals surface area (Å²) >= 11 is 3.39. The highest BCUT2D eigenvalue weighted by Gasteiger charge is 2.29. The van der Waals surface area contributed by atoms with Gasteiger partial charge in [0.05, 0.1) is 4.83 Å². The molecule has 0 heterocycles. The van der Waals surface area contributed by atoms with Gasteiger partial charge in [0.25, 0.3) is 0 Å². The van der Waals surface area contributed by atoms with Crippen molar-refractivity contribution in [2.24, 2.45) is 5.41 Å². The first-order valence-corrected chi connectivity index (χ1v) is 6.04. The summed E-state index contributed by atoms with van der Waals surface area (Å²) in [5, 5.41) is 0. The third kappa shape index (κ3) is 3.60. The van der Waals surface area contributed by atoms with Crippen molar-refractivity contribution in [3.8, 4) is 0 Å². The van der Waals surface area contributed by atoms with Gasteiger partial charge in [-0.1, -0.05) is 43.6 Å². The maximum absolute atomic E-state index is 11.8. The van der Waals surface area contributed by atoms with Crippen LogP contribution in [-0.2, 0) is 4.79 Å². The zero-order chi connectivity index (χ0) is 11.5. The van der Waals surface area contributed by atoms with Crippen molar-refractivity contribution in [1.82, 2.24) is 4.90 Å². The lowest BCUT2D eigenvalue weighted by atomic mass is 9.87. The van der Waals surface area contributed by atoms with E-state index in [1.54, 1.807) is 0 Å². The Bertz CT molecular complexity index is 198. The number of carbonyl (C=O) groups is 1. The van der Waals surface area contributed by atoms with Gasteiger partial charge in [-0.3, -0.25) is 4.79 Å². The van der Waals surface area contributed by atoms with Gasteiger partial charge in [0, 0.05) is 13.1 Å². The molecule has 2 unspecified atom stereocenters. The van der Waals surface area contributed by atoms with E-state index in [-0.39, 0.29) is 22.2 Å². The van der Waals surface area contributed by atoms with E-state index in [2.05, 4.69) is 43.6 Å². The van der Waals surface area contributed by atoms with E-state index in [0.29, 0.717) is 0 Å². The summed E-state index contributed by atoms with van der Waals surface area (Å²) < 4.78 is 0. The van der Waals surface area contributed by atoms with Gasteiger partial charge in [-0.2, -0.15) is 0 Å². The molecule has 0 N–H and O–H groups in total. The van der Waals surface area contributed by atoms with Crippen LogP contribution in [0.1, 0.15) is 41.0 Å². The topological polar surface area (TPSA) is 20.3 Å². The van der Waals surface area contributed by atoms with Gasteiger partial charge >= 0.3 is 0 Å². The molecule has 0 radical (unpaired) electrons. The molecule has 0 aromatic rings. The molecule has 0 bridgehead atoms. The van der Waals surface area contributed by atoms with Gasteiger partial charge in [0.15, 0.2) is 0 Å². The van der Waals surface area contributed by atoms with Crippen molar-refractivity contribution in [1.29, 1.82) is 0 Å². The number of alkyl halides is 1. The van der Waals surface area contributed by atoms with Crippen LogP contribution in [0, 0.1) is 5.41 Å². The Morgan fingerprint density at radius 2 is 1.86 bits per heavy atom. The quantitative estimate of drug-likeness (QED) is 0.717. The highest BCUT2D eigenvalue weighted by molar-refractivity contribution is 9.10. The van der Waals surface area contributed by atoms with E-state index in [0.717, 1.165) is 6.42 Å². The molecule has 84 valence electrons. The minimum absolute atomic E-state index is 0.0442. The molecule has 0 aliphatic carbocycles. The summed E-state index contributed by atoms with van der Waals surface area (Å²) in [5.41, 5.74) is 0.130. The molecule has 0 aromatic heterocycles. The Kier molecular flexibility index (Phi) is 5.13. The van der Waals surface area contributed by atoms with Gasteiger partial charge in [-0.05, 0) is 18.8 Å². The Hall–Kier alpha value is -0.0500. The van der Waals surface area contributed by atoms with Gasteiger partial charge in [-0.15, -0.1) is 0 Å². The zero-order valence-corrected chi connectivity index (χ0v) is 11.7. The molecular formula is C11H22BrNO. The van der Waals surface area contributed by atoms with Crippen LogP contribution >= 0.6 is 15.9 Å². The van der Waals surface area contributed by atoms with Crippen LogP contribution in [0.15, 0.2) is 0 Å². The van der Waals surface area contributed by atoms with Crippen LogP contribution in [0.4, 0.5) is 0 Å². The normalized spacial score (nSPS) is 16.2. The molecule has 0 saturated heterocycles. The van der Waals surface area contributed by atoms with Crippen LogP contribution in [0.5, 0.6) is 0 Å². The lowest BCUT2D eigenvalue weighted by molar-refractivity contribution is -0.132. The van der Waals surface area contributed by atoms with Crippen LogP contribution in [-0.4, -0.2) is 28.7 Å². The van der Waals surface area contributed by atoms with Crippen LogP contribution in [0.3, 0.4) is 0 Å². The van der Waals surface area contributed by atoms with E-state index in [1.165, 1.54) is 0 Å². The highest BCUT2D eigenvalue weighted by Crippen LogP contribution is 2.24. The fourth-order valence-electron chi connectivity index (χ4n) is 1.17.